The minimum Gasteiger partial charge on any atom is -0.611 e. The Morgan fingerprint density at radius 3 is 2.62 bits per heavy atom. The largest absolute Gasteiger partial charge is 0.611 e. The van der Waals surface area contributed by atoms with Crippen LogP contribution in [0.15, 0.2) is 41.4 Å². The van der Waals surface area contributed by atoms with Crippen LogP contribution in [0.1, 0.15) is 12.5 Å². The van der Waals surface area contributed by atoms with Gasteiger partial charge in [-0.2, -0.15) is 13.2 Å². The van der Waals surface area contributed by atoms with E-state index in [1.54, 1.807) is 42.8 Å². The zero-order valence-electron chi connectivity index (χ0n) is 13.0. The van der Waals surface area contributed by atoms with E-state index in [4.69, 9.17) is 0 Å². The van der Waals surface area contributed by atoms with Crippen LogP contribution in [0.2, 0.25) is 0 Å². The Kier molecular flexibility index (Phi) is 4.27. The summed E-state index contributed by atoms with van der Waals surface area (Å²) in [4.78, 5) is 8.80. The van der Waals surface area contributed by atoms with Gasteiger partial charge in [-0.05, 0) is 36.3 Å². The van der Waals surface area contributed by atoms with Gasteiger partial charge in [0.2, 0.25) is 0 Å². The molecule has 0 amide bonds. The van der Waals surface area contributed by atoms with E-state index >= 15 is 0 Å². The molecule has 3 aromatic rings. The molecule has 2 heterocycles. The number of aromatic nitrogens is 3. The molecule has 0 aliphatic rings. The van der Waals surface area contributed by atoms with E-state index in [9.17, 15) is 17.7 Å². The summed E-state index contributed by atoms with van der Waals surface area (Å²) in [6.45, 7) is 1.80. The summed E-state index contributed by atoms with van der Waals surface area (Å²) in [7, 11) is 1.68. The molecule has 0 saturated heterocycles. The van der Waals surface area contributed by atoms with E-state index in [2.05, 4.69) is 9.97 Å². The van der Waals surface area contributed by atoms with E-state index in [-0.39, 0.29) is 5.52 Å². The van der Waals surface area contributed by atoms with Gasteiger partial charge in [0.1, 0.15) is 17.1 Å². The monoisotopic (exact) mass is 353 g/mol. The number of nitrogens with zero attached hydrogens (tertiary/aromatic N) is 3. The van der Waals surface area contributed by atoms with E-state index < -0.39 is 22.9 Å². The molecule has 0 fully saturated rings. The van der Waals surface area contributed by atoms with Crippen molar-refractivity contribution in [1.29, 1.82) is 0 Å². The van der Waals surface area contributed by atoms with Crippen LogP contribution < -0.4 is 0 Å². The van der Waals surface area contributed by atoms with Crippen molar-refractivity contribution in [3.8, 4) is 11.4 Å². The first-order valence-corrected chi connectivity index (χ1v) is 8.52. The van der Waals surface area contributed by atoms with E-state index in [1.807, 2.05) is 0 Å². The molecular formula is C16H14F3N3OS. The number of halogens is 3. The average Bonchev–Trinajstić information content (AvgIpc) is 2.89. The summed E-state index contributed by atoms with van der Waals surface area (Å²) in [6.07, 6.45) is -3.68. The number of imidazole rings is 1. The zero-order valence-corrected chi connectivity index (χ0v) is 13.8. The van der Waals surface area contributed by atoms with Crippen molar-refractivity contribution in [2.75, 3.05) is 5.75 Å². The number of fused-ring (bicyclic) bond motifs is 1. The summed E-state index contributed by atoms with van der Waals surface area (Å²) in [6, 6.07) is 8.03. The Balaban J connectivity index is 2.20. The highest BCUT2D eigenvalue weighted by molar-refractivity contribution is 7.91. The van der Waals surface area contributed by atoms with Crippen molar-refractivity contribution in [2.45, 2.75) is 18.0 Å². The van der Waals surface area contributed by atoms with Gasteiger partial charge in [-0.25, -0.2) is 9.97 Å². The number of aryl methyl sites for hydroxylation is 1. The standard InChI is InChI=1S/C16H14F3N3OS/c1-3-24(23)13-7-5-4-6-11(13)14-21-12-8-10(16(17,18)19)9-20-15(12)22(14)2/h4-9H,3H2,1-2H3. The lowest BCUT2D eigenvalue weighted by Gasteiger charge is -2.12. The van der Waals surface area contributed by atoms with Crippen molar-refractivity contribution in [2.24, 2.45) is 7.05 Å². The lowest BCUT2D eigenvalue weighted by molar-refractivity contribution is -0.137. The number of hydrogen-bond donors (Lipinski definition) is 0. The summed E-state index contributed by atoms with van der Waals surface area (Å²) in [5.41, 5.74) is 0.284. The number of pyridine rings is 1. The maximum absolute atomic E-state index is 12.8. The molecule has 0 aliphatic heterocycles. The van der Waals surface area contributed by atoms with Crippen molar-refractivity contribution in [1.82, 2.24) is 14.5 Å². The normalized spacial score (nSPS) is 13.4. The molecule has 8 heteroatoms. The van der Waals surface area contributed by atoms with Gasteiger partial charge in [-0.1, -0.05) is 12.1 Å². The fourth-order valence-corrected chi connectivity index (χ4v) is 3.42. The fourth-order valence-electron chi connectivity index (χ4n) is 2.48. The van der Waals surface area contributed by atoms with Gasteiger partial charge >= 0.3 is 6.18 Å². The molecular weight excluding hydrogens is 339 g/mol. The van der Waals surface area contributed by atoms with Crippen LogP contribution in [0.4, 0.5) is 13.2 Å². The van der Waals surface area contributed by atoms with Crippen molar-refractivity contribution in [3.05, 3.63) is 42.1 Å². The minimum atomic E-state index is -4.47. The maximum Gasteiger partial charge on any atom is 0.417 e. The smallest absolute Gasteiger partial charge is 0.417 e. The molecule has 0 radical (unpaired) electrons. The van der Waals surface area contributed by atoms with Gasteiger partial charge < -0.3 is 9.12 Å². The first kappa shape index (κ1) is 16.8. The molecule has 0 bridgehead atoms. The third-order valence-electron chi connectivity index (χ3n) is 3.67. The van der Waals surface area contributed by atoms with Gasteiger partial charge in [-0.3, -0.25) is 0 Å². The predicted octanol–water partition coefficient (Wildman–Crippen LogP) is 3.78. The first-order valence-electron chi connectivity index (χ1n) is 7.20. The van der Waals surface area contributed by atoms with E-state index in [1.165, 1.54) is 0 Å². The van der Waals surface area contributed by atoms with Crippen molar-refractivity contribution >= 4 is 22.3 Å². The van der Waals surface area contributed by atoms with Gasteiger partial charge in [0.05, 0.1) is 11.1 Å². The van der Waals surface area contributed by atoms with Gasteiger partial charge in [0, 0.05) is 13.2 Å². The average molecular weight is 353 g/mol. The number of benzene rings is 1. The zero-order chi connectivity index (χ0) is 17.5. The molecule has 0 spiro atoms. The third kappa shape index (κ3) is 2.87. The van der Waals surface area contributed by atoms with Crippen LogP contribution >= 0.6 is 0 Å². The molecule has 0 saturated carbocycles. The van der Waals surface area contributed by atoms with Gasteiger partial charge in [0.15, 0.2) is 10.5 Å². The van der Waals surface area contributed by atoms with Gasteiger partial charge in [-0.15, -0.1) is 0 Å². The first-order chi connectivity index (χ1) is 11.3. The second-order valence-electron chi connectivity index (χ2n) is 5.19. The Morgan fingerprint density at radius 1 is 1.25 bits per heavy atom. The van der Waals surface area contributed by atoms with E-state index in [0.29, 0.717) is 27.7 Å². The molecule has 1 unspecified atom stereocenters. The molecule has 2 aromatic heterocycles. The molecule has 24 heavy (non-hydrogen) atoms. The Morgan fingerprint density at radius 2 is 1.96 bits per heavy atom. The summed E-state index contributed by atoms with van der Waals surface area (Å²) >= 11 is -1.20. The summed E-state index contributed by atoms with van der Waals surface area (Å²) in [5, 5.41) is 0. The summed E-state index contributed by atoms with van der Waals surface area (Å²) in [5.74, 6) is 0.881. The highest BCUT2D eigenvalue weighted by Gasteiger charge is 2.32. The van der Waals surface area contributed by atoms with Crippen LogP contribution in [0.25, 0.3) is 22.6 Å². The molecule has 126 valence electrons. The second-order valence-corrected chi connectivity index (χ2v) is 6.90. The van der Waals surface area contributed by atoms with Crippen molar-refractivity contribution < 1.29 is 17.7 Å². The Bertz CT molecular complexity index is 892. The Labute approximate surface area is 139 Å². The predicted molar refractivity (Wildman–Crippen MR) is 85.9 cm³/mol. The third-order valence-corrected chi connectivity index (χ3v) is 5.04. The quantitative estimate of drug-likeness (QED) is 0.674. The Hall–Kier alpha value is -2.06. The number of rotatable bonds is 3. The SMILES string of the molecule is CC[S+]([O-])c1ccccc1-c1nc2cc(C(F)(F)F)cnc2n1C. The number of hydrogen-bond acceptors (Lipinski definition) is 3. The maximum atomic E-state index is 12.8. The molecule has 0 aliphatic carbocycles. The topological polar surface area (TPSA) is 53.8 Å². The van der Waals surface area contributed by atoms with Crippen LogP contribution in [0.5, 0.6) is 0 Å². The summed E-state index contributed by atoms with van der Waals surface area (Å²) < 4.78 is 52.4. The second kappa shape index (κ2) is 6.10. The molecule has 1 atom stereocenters. The van der Waals surface area contributed by atoms with Crippen LogP contribution in [0.3, 0.4) is 0 Å². The molecule has 0 N–H and O–H groups in total. The molecule has 4 nitrogen and oxygen atoms in total. The minimum absolute atomic E-state index is 0.152. The molecule has 3 rings (SSSR count). The highest BCUT2D eigenvalue weighted by Crippen LogP contribution is 2.33. The van der Waals surface area contributed by atoms with Gasteiger partial charge in [0.25, 0.3) is 0 Å². The lowest BCUT2D eigenvalue weighted by Crippen LogP contribution is -2.07. The molecule has 1 aromatic carbocycles. The fraction of sp³-hybridized carbons (Fsp3) is 0.250. The number of alkyl halides is 3. The van der Waals surface area contributed by atoms with Crippen LogP contribution in [-0.4, -0.2) is 24.8 Å². The lowest BCUT2D eigenvalue weighted by atomic mass is 10.2. The van der Waals surface area contributed by atoms with Crippen molar-refractivity contribution in [3.63, 3.8) is 0 Å². The van der Waals surface area contributed by atoms with E-state index in [0.717, 1.165) is 12.3 Å². The van der Waals surface area contributed by atoms with Crippen LogP contribution in [-0.2, 0) is 24.4 Å². The highest BCUT2D eigenvalue weighted by atomic mass is 32.2. The van der Waals surface area contributed by atoms with Crippen LogP contribution in [0, 0.1) is 0 Å².